The molecule has 0 saturated heterocycles. The smallest absolute Gasteiger partial charge is 0.0628 e. The van der Waals surface area contributed by atoms with Crippen molar-refractivity contribution in [3.63, 3.8) is 0 Å². The molecule has 0 aromatic heterocycles. The molecule has 0 N–H and O–H groups in total. The van der Waals surface area contributed by atoms with Gasteiger partial charge in [0.25, 0.3) is 0 Å². The average Bonchev–Trinajstić information content (AvgIpc) is 2.65. The summed E-state index contributed by atoms with van der Waals surface area (Å²) < 4.78 is 0. The van der Waals surface area contributed by atoms with Gasteiger partial charge in [0.15, 0.2) is 0 Å². The molecule has 0 atom stereocenters. The number of rotatable bonds is 7. The van der Waals surface area contributed by atoms with E-state index < -0.39 is 0 Å². The fraction of sp³-hybridized carbons (Fsp3) is 0.182. The molecule has 0 heterocycles. The second kappa shape index (κ2) is 10.1. The maximum Gasteiger partial charge on any atom is 0.0628 e. The predicted octanol–water partition coefficient (Wildman–Crippen LogP) is 6.03. The van der Waals surface area contributed by atoms with E-state index in [0.29, 0.717) is 0 Å². The van der Waals surface area contributed by atoms with Crippen LogP contribution >= 0.6 is 0 Å². The van der Waals surface area contributed by atoms with Crippen LogP contribution in [0.1, 0.15) is 37.8 Å². The van der Waals surface area contributed by atoms with Gasteiger partial charge in [0.2, 0.25) is 0 Å². The summed E-state index contributed by atoms with van der Waals surface area (Å²) >= 11 is 0. The Morgan fingerprint density at radius 1 is 0.667 bits per heavy atom. The minimum atomic E-state index is 0.853. The maximum absolute atomic E-state index is 4.41. The van der Waals surface area contributed by atoms with E-state index in [9.17, 15) is 0 Å². The molecule has 0 bridgehead atoms. The Morgan fingerprint density at radius 2 is 1.04 bits per heavy atom. The van der Waals surface area contributed by atoms with E-state index in [1.165, 1.54) is 11.1 Å². The van der Waals surface area contributed by atoms with E-state index in [0.717, 1.165) is 24.3 Å². The van der Waals surface area contributed by atoms with Crippen molar-refractivity contribution >= 4 is 23.6 Å². The zero-order valence-corrected chi connectivity index (χ0v) is 14.4. The zero-order valence-electron chi connectivity index (χ0n) is 14.4. The summed E-state index contributed by atoms with van der Waals surface area (Å²) in [4.78, 5) is 0. The third kappa shape index (κ3) is 6.17. The maximum atomic E-state index is 4.41. The fourth-order valence-electron chi connectivity index (χ4n) is 2.09. The summed E-state index contributed by atoms with van der Waals surface area (Å²) in [5.74, 6) is 0. The van der Waals surface area contributed by atoms with Gasteiger partial charge < -0.3 is 0 Å². The molecule has 0 aliphatic rings. The normalized spacial score (nSPS) is 13.1. The number of hydrogen-bond acceptors (Lipinski definition) is 2. The zero-order chi connectivity index (χ0) is 17.0. The lowest BCUT2D eigenvalue weighted by Crippen LogP contribution is -1.93. The van der Waals surface area contributed by atoms with Crippen LogP contribution in [0.3, 0.4) is 0 Å². The first kappa shape index (κ1) is 17.6. The van der Waals surface area contributed by atoms with Crippen LogP contribution in [0, 0.1) is 0 Å². The van der Waals surface area contributed by atoms with E-state index in [2.05, 4.69) is 60.5 Å². The second-order valence-electron chi connectivity index (χ2n) is 5.38. The molecule has 2 heteroatoms. The average molecular weight is 316 g/mol. The quantitative estimate of drug-likeness (QED) is 0.440. The van der Waals surface area contributed by atoms with Gasteiger partial charge in [-0.05, 0) is 36.1 Å². The highest BCUT2D eigenvalue weighted by Gasteiger charge is 1.93. The van der Waals surface area contributed by atoms with Crippen LogP contribution in [-0.2, 0) is 0 Å². The topological polar surface area (TPSA) is 24.7 Å². The lowest BCUT2D eigenvalue weighted by atomic mass is 10.2. The highest BCUT2D eigenvalue weighted by molar-refractivity contribution is 6.01. The number of benzene rings is 2. The second-order valence-corrected chi connectivity index (χ2v) is 5.38. The van der Waals surface area contributed by atoms with Crippen LogP contribution in [0.2, 0.25) is 0 Å². The molecule has 0 amide bonds. The standard InChI is InChI=1S/C22H24N2/c1-3-21(17-15-19-11-7-5-8-12-19)23-24-22(4-2)18-16-20-13-9-6-10-14-20/h5-18H,3-4H2,1-2H3/b17-15-,18-16-,23-21+,24-22+. The molecule has 0 spiro atoms. The first-order chi connectivity index (χ1) is 11.8. The lowest BCUT2D eigenvalue weighted by Gasteiger charge is -1.97. The molecule has 0 saturated carbocycles. The molecule has 0 aliphatic carbocycles. The Balaban J connectivity index is 2.09. The minimum absolute atomic E-state index is 0.853. The molecule has 2 nitrogen and oxygen atoms in total. The van der Waals surface area contributed by atoms with Crippen LogP contribution in [0.4, 0.5) is 0 Å². The first-order valence-corrected chi connectivity index (χ1v) is 8.41. The highest BCUT2D eigenvalue weighted by Crippen LogP contribution is 2.04. The summed E-state index contributed by atoms with van der Waals surface area (Å²) in [5, 5.41) is 8.81. The molecule has 2 rings (SSSR count). The van der Waals surface area contributed by atoms with Crippen molar-refractivity contribution in [1.82, 2.24) is 0 Å². The number of nitrogens with zero attached hydrogens (tertiary/aromatic N) is 2. The van der Waals surface area contributed by atoms with Crippen LogP contribution in [0.5, 0.6) is 0 Å². The van der Waals surface area contributed by atoms with E-state index in [1.807, 2.05) is 48.6 Å². The van der Waals surface area contributed by atoms with Crippen molar-refractivity contribution in [2.45, 2.75) is 26.7 Å². The van der Waals surface area contributed by atoms with E-state index >= 15 is 0 Å². The minimum Gasteiger partial charge on any atom is -0.155 e. The van der Waals surface area contributed by atoms with Crippen LogP contribution in [0.15, 0.2) is 83.0 Å². The third-order valence-electron chi connectivity index (χ3n) is 3.57. The molecule has 2 aromatic carbocycles. The largest absolute Gasteiger partial charge is 0.155 e. The van der Waals surface area contributed by atoms with Gasteiger partial charge >= 0.3 is 0 Å². The number of allylic oxidation sites excluding steroid dienone is 2. The molecule has 0 aliphatic heterocycles. The van der Waals surface area contributed by atoms with Gasteiger partial charge in [0.05, 0.1) is 11.4 Å². The summed E-state index contributed by atoms with van der Waals surface area (Å²) in [5.41, 5.74) is 4.28. The summed E-state index contributed by atoms with van der Waals surface area (Å²) in [6.07, 6.45) is 9.92. The molecule has 0 unspecified atom stereocenters. The molecular formula is C22H24N2. The van der Waals surface area contributed by atoms with Crippen molar-refractivity contribution < 1.29 is 0 Å². The van der Waals surface area contributed by atoms with Gasteiger partial charge in [-0.3, -0.25) is 0 Å². The van der Waals surface area contributed by atoms with E-state index in [4.69, 9.17) is 0 Å². The van der Waals surface area contributed by atoms with Crippen LogP contribution in [0.25, 0.3) is 12.2 Å². The van der Waals surface area contributed by atoms with Crippen LogP contribution < -0.4 is 0 Å². The molecule has 122 valence electrons. The first-order valence-electron chi connectivity index (χ1n) is 8.41. The fourth-order valence-corrected chi connectivity index (χ4v) is 2.09. The van der Waals surface area contributed by atoms with Gasteiger partial charge in [-0.2, -0.15) is 10.2 Å². The Hall–Kier alpha value is -2.74. The Bertz CT molecular complexity index is 658. The van der Waals surface area contributed by atoms with Crippen molar-refractivity contribution in [3.8, 4) is 0 Å². The van der Waals surface area contributed by atoms with Crippen molar-refractivity contribution in [3.05, 3.63) is 83.9 Å². The van der Waals surface area contributed by atoms with Gasteiger partial charge in [0.1, 0.15) is 0 Å². The molecular weight excluding hydrogens is 292 g/mol. The predicted molar refractivity (Wildman–Crippen MR) is 106 cm³/mol. The highest BCUT2D eigenvalue weighted by atomic mass is 15.2. The SMILES string of the molecule is CCC(/C=C\c1ccccc1)=N\N=C(\C=C/c1ccccc1)CC. The molecule has 0 radical (unpaired) electrons. The Kier molecular flexibility index (Phi) is 7.42. The molecule has 24 heavy (non-hydrogen) atoms. The van der Waals surface area contributed by atoms with Crippen molar-refractivity contribution in [1.29, 1.82) is 0 Å². The Morgan fingerprint density at radius 3 is 1.38 bits per heavy atom. The number of hydrogen-bond donors (Lipinski definition) is 0. The summed E-state index contributed by atoms with van der Waals surface area (Å²) in [6.45, 7) is 4.18. The van der Waals surface area contributed by atoms with Gasteiger partial charge in [-0.15, -0.1) is 0 Å². The lowest BCUT2D eigenvalue weighted by molar-refractivity contribution is 1.15. The van der Waals surface area contributed by atoms with E-state index in [1.54, 1.807) is 0 Å². The summed E-state index contributed by atoms with van der Waals surface area (Å²) in [6, 6.07) is 20.5. The molecule has 2 aromatic rings. The summed E-state index contributed by atoms with van der Waals surface area (Å²) in [7, 11) is 0. The van der Waals surface area contributed by atoms with Crippen molar-refractivity contribution in [2.24, 2.45) is 10.2 Å². The third-order valence-corrected chi connectivity index (χ3v) is 3.57. The monoisotopic (exact) mass is 316 g/mol. The van der Waals surface area contributed by atoms with Gasteiger partial charge in [-0.25, -0.2) is 0 Å². The van der Waals surface area contributed by atoms with Crippen LogP contribution in [-0.4, -0.2) is 11.4 Å². The van der Waals surface area contributed by atoms with E-state index in [-0.39, 0.29) is 0 Å². The molecule has 0 fully saturated rings. The van der Waals surface area contributed by atoms with Gasteiger partial charge in [-0.1, -0.05) is 86.7 Å². The van der Waals surface area contributed by atoms with Crippen molar-refractivity contribution in [2.75, 3.05) is 0 Å². The Labute approximate surface area is 145 Å². The van der Waals surface area contributed by atoms with Gasteiger partial charge in [0, 0.05) is 0 Å².